The molecule has 2 aliphatic rings. The van der Waals surface area contributed by atoms with Crippen molar-refractivity contribution >= 4 is 11.0 Å². The third-order valence-corrected chi connectivity index (χ3v) is 7.03. The maximum atomic E-state index is 13.2. The van der Waals surface area contributed by atoms with Crippen LogP contribution >= 0.6 is 0 Å². The van der Waals surface area contributed by atoms with Gasteiger partial charge in [-0.25, -0.2) is 0 Å². The molecule has 0 amide bonds. The first-order valence-corrected chi connectivity index (χ1v) is 13.6. The second kappa shape index (κ2) is 13.4. The smallest absolute Gasteiger partial charge is 0.204 e. The number of rotatable bonds is 11. The summed E-state index contributed by atoms with van der Waals surface area (Å²) in [5.41, 5.74) is 0.687. The molecule has 3 N–H and O–H groups in total. The number of phenolic OH excluding ortho intramolecular Hbond substituents is 1. The molecular formula is C29H36N2O9. The van der Waals surface area contributed by atoms with E-state index in [9.17, 15) is 20.1 Å². The van der Waals surface area contributed by atoms with Crippen molar-refractivity contribution in [3.63, 3.8) is 0 Å². The Balaban J connectivity index is 1.20. The summed E-state index contributed by atoms with van der Waals surface area (Å²) in [5.74, 6) is 0.592. The lowest BCUT2D eigenvalue weighted by atomic mass is 10.0. The summed E-state index contributed by atoms with van der Waals surface area (Å²) in [4.78, 5) is 17.5. The molecule has 1 aromatic heterocycles. The van der Waals surface area contributed by atoms with Crippen molar-refractivity contribution < 1.29 is 38.7 Å². The number of hydrogen-bond donors (Lipinski definition) is 3. The van der Waals surface area contributed by atoms with Crippen LogP contribution in [0.1, 0.15) is 0 Å². The molecule has 5 rings (SSSR count). The van der Waals surface area contributed by atoms with Crippen LogP contribution in [-0.2, 0) is 9.47 Å². The fraction of sp³-hybridized carbons (Fsp3) is 0.483. The fourth-order valence-corrected chi connectivity index (χ4v) is 4.87. The molecule has 11 nitrogen and oxygen atoms in total. The van der Waals surface area contributed by atoms with Crippen molar-refractivity contribution in [2.45, 2.75) is 12.2 Å². The van der Waals surface area contributed by atoms with Gasteiger partial charge in [0.15, 0.2) is 0 Å². The van der Waals surface area contributed by atoms with Crippen molar-refractivity contribution in [2.75, 3.05) is 78.9 Å². The van der Waals surface area contributed by atoms with Crippen molar-refractivity contribution in [1.82, 2.24) is 9.80 Å². The third-order valence-electron chi connectivity index (χ3n) is 7.03. The Morgan fingerprint density at radius 3 is 1.93 bits per heavy atom. The van der Waals surface area contributed by atoms with Crippen LogP contribution in [0.2, 0.25) is 0 Å². The van der Waals surface area contributed by atoms with E-state index in [1.807, 2.05) is 0 Å². The third kappa shape index (κ3) is 7.30. The van der Waals surface area contributed by atoms with Gasteiger partial charge >= 0.3 is 0 Å². The van der Waals surface area contributed by atoms with Gasteiger partial charge in [0, 0.05) is 51.4 Å². The molecule has 2 saturated heterocycles. The van der Waals surface area contributed by atoms with Crippen molar-refractivity contribution in [3.05, 3.63) is 52.9 Å². The molecule has 11 heteroatoms. The van der Waals surface area contributed by atoms with E-state index >= 15 is 0 Å². The molecule has 3 heterocycles. The van der Waals surface area contributed by atoms with E-state index in [0.29, 0.717) is 56.6 Å². The molecule has 0 radical (unpaired) electrons. The number of nitrogens with zero attached hydrogens (tertiary/aromatic N) is 2. The quantitative estimate of drug-likeness (QED) is 0.316. The lowest BCUT2D eigenvalue weighted by Gasteiger charge is -2.28. The SMILES string of the molecule is O=c1c(-c2ccc(OCC(O)CN3CCOCC3)cc2)coc2cc(OCC(O)CN3CCOCC3)cc(O)c12. The van der Waals surface area contributed by atoms with E-state index < -0.39 is 12.2 Å². The second-order valence-electron chi connectivity index (χ2n) is 10.1. The Morgan fingerprint density at radius 1 is 0.800 bits per heavy atom. The number of aliphatic hydroxyl groups is 2. The average molecular weight is 557 g/mol. The minimum absolute atomic E-state index is 0.0310. The summed E-state index contributed by atoms with van der Waals surface area (Å²) in [6.07, 6.45) is 0.00355. The second-order valence-corrected chi connectivity index (χ2v) is 10.1. The van der Waals surface area contributed by atoms with Crippen LogP contribution in [-0.4, -0.2) is 116 Å². The van der Waals surface area contributed by atoms with Gasteiger partial charge in [-0.05, 0) is 17.7 Å². The predicted octanol–water partition coefficient (Wildman–Crippen LogP) is 1.31. The van der Waals surface area contributed by atoms with Crippen LogP contribution in [0, 0.1) is 0 Å². The van der Waals surface area contributed by atoms with Crippen LogP contribution in [0.4, 0.5) is 0 Å². The number of aromatic hydroxyl groups is 1. The number of phenols is 1. The summed E-state index contributed by atoms with van der Waals surface area (Å²) in [6.45, 7) is 6.90. The van der Waals surface area contributed by atoms with Gasteiger partial charge in [-0.1, -0.05) is 12.1 Å². The highest BCUT2D eigenvalue weighted by molar-refractivity contribution is 5.88. The summed E-state index contributed by atoms with van der Waals surface area (Å²) < 4.78 is 27.8. The molecule has 2 aromatic carbocycles. The van der Waals surface area contributed by atoms with Crippen LogP contribution in [0.5, 0.6) is 17.2 Å². The van der Waals surface area contributed by atoms with Gasteiger partial charge in [0.25, 0.3) is 0 Å². The van der Waals surface area contributed by atoms with E-state index in [4.69, 9.17) is 23.4 Å². The highest BCUT2D eigenvalue weighted by Crippen LogP contribution is 2.31. The number of benzene rings is 2. The zero-order valence-corrected chi connectivity index (χ0v) is 22.4. The van der Waals surface area contributed by atoms with Crippen LogP contribution < -0.4 is 14.9 Å². The number of β-amino-alcohol motifs (C(OH)–C–C–N with tert-alkyl or cyclic N) is 2. The first kappa shape index (κ1) is 28.3. The summed E-state index contributed by atoms with van der Waals surface area (Å²) >= 11 is 0. The average Bonchev–Trinajstić information content (AvgIpc) is 2.96. The normalized spacial score (nSPS) is 18.4. The summed E-state index contributed by atoms with van der Waals surface area (Å²) in [5, 5.41) is 31.3. The number of fused-ring (bicyclic) bond motifs is 1. The van der Waals surface area contributed by atoms with Crippen LogP contribution in [0.25, 0.3) is 22.1 Å². The molecule has 0 saturated carbocycles. The molecule has 3 aromatic rings. The lowest BCUT2D eigenvalue weighted by molar-refractivity contribution is 0.00452. The molecule has 2 unspecified atom stereocenters. The molecule has 2 aliphatic heterocycles. The maximum absolute atomic E-state index is 13.2. The zero-order chi connectivity index (χ0) is 27.9. The summed E-state index contributed by atoms with van der Waals surface area (Å²) in [6, 6.07) is 9.78. The van der Waals surface area contributed by atoms with Crippen molar-refractivity contribution in [1.29, 1.82) is 0 Å². The maximum Gasteiger partial charge on any atom is 0.204 e. The van der Waals surface area contributed by atoms with Gasteiger partial charge in [-0.15, -0.1) is 0 Å². The fourth-order valence-electron chi connectivity index (χ4n) is 4.87. The van der Waals surface area contributed by atoms with E-state index in [0.717, 1.165) is 26.2 Å². The monoisotopic (exact) mass is 556 g/mol. The standard InChI is InChI=1S/C29H36N2O9/c32-21(15-30-5-9-36-10-6-30)17-38-23-3-1-20(2-4-23)25-19-40-27-14-24(13-26(34)28(27)29(25)35)39-18-22(33)16-31-7-11-37-12-8-31/h1-4,13-14,19,21-22,32-34H,5-12,15-18H2. The molecule has 0 bridgehead atoms. The van der Waals surface area contributed by atoms with Gasteiger partial charge in [0.05, 0.1) is 32.0 Å². The highest BCUT2D eigenvalue weighted by Gasteiger charge is 2.18. The molecule has 40 heavy (non-hydrogen) atoms. The minimum Gasteiger partial charge on any atom is -0.507 e. The van der Waals surface area contributed by atoms with Gasteiger partial charge < -0.3 is 38.7 Å². The number of ether oxygens (including phenoxy) is 4. The molecule has 2 atom stereocenters. The van der Waals surface area contributed by atoms with Gasteiger partial charge in [0.2, 0.25) is 5.43 Å². The first-order chi connectivity index (χ1) is 19.5. The molecule has 2 fully saturated rings. The van der Waals surface area contributed by atoms with E-state index in [2.05, 4.69) is 9.80 Å². The minimum atomic E-state index is -0.717. The Morgan fingerprint density at radius 2 is 1.35 bits per heavy atom. The topological polar surface area (TPSA) is 134 Å². The molecule has 216 valence electrons. The van der Waals surface area contributed by atoms with E-state index in [-0.39, 0.29) is 40.9 Å². The molecule has 0 aliphatic carbocycles. The van der Waals surface area contributed by atoms with Crippen LogP contribution in [0.15, 0.2) is 51.9 Å². The Kier molecular flexibility index (Phi) is 9.53. The number of aliphatic hydroxyl groups excluding tert-OH is 2. The summed E-state index contributed by atoms with van der Waals surface area (Å²) in [7, 11) is 0. The van der Waals surface area contributed by atoms with Crippen molar-refractivity contribution in [3.8, 4) is 28.4 Å². The zero-order valence-electron chi connectivity index (χ0n) is 22.4. The molecular weight excluding hydrogens is 520 g/mol. The van der Waals surface area contributed by atoms with Gasteiger partial charge in [0.1, 0.15) is 59.9 Å². The van der Waals surface area contributed by atoms with E-state index in [1.54, 1.807) is 24.3 Å². The van der Waals surface area contributed by atoms with Crippen molar-refractivity contribution in [2.24, 2.45) is 0 Å². The van der Waals surface area contributed by atoms with Gasteiger partial charge in [-0.3, -0.25) is 14.6 Å². The van der Waals surface area contributed by atoms with Gasteiger partial charge in [-0.2, -0.15) is 0 Å². The number of morpholine rings is 2. The Hall–Kier alpha value is -3.19. The number of hydrogen-bond acceptors (Lipinski definition) is 11. The Labute approximate surface area is 232 Å². The molecule has 0 spiro atoms. The predicted molar refractivity (Wildman–Crippen MR) is 147 cm³/mol. The van der Waals surface area contributed by atoms with E-state index in [1.165, 1.54) is 18.4 Å². The largest absolute Gasteiger partial charge is 0.507 e. The van der Waals surface area contributed by atoms with Crippen LogP contribution in [0.3, 0.4) is 0 Å². The highest BCUT2D eigenvalue weighted by atomic mass is 16.5. The first-order valence-electron chi connectivity index (χ1n) is 13.6. The lowest BCUT2D eigenvalue weighted by Crippen LogP contribution is -2.42. The Bertz CT molecular complexity index is 1300.